The van der Waals surface area contributed by atoms with Gasteiger partial charge in [-0.2, -0.15) is 0 Å². The van der Waals surface area contributed by atoms with Crippen LogP contribution in [0.25, 0.3) is 0 Å². The van der Waals surface area contributed by atoms with E-state index in [1.165, 1.54) is 11.0 Å². The minimum absolute atomic E-state index is 0.00678. The highest BCUT2D eigenvalue weighted by atomic mass is 35.5. The van der Waals surface area contributed by atoms with E-state index < -0.39 is 28.5 Å². The Hall–Kier alpha value is -3.47. The van der Waals surface area contributed by atoms with Gasteiger partial charge in [0.05, 0.1) is 22.0 Å². The largest absolute Gasteiger partial charge is 0.486 e. The van der Waals surface area contributed by atoms with Crippen LogP contribution in [0, 0.1) is 0 Å². The molecule has 0 spiro atoms. The fourth-order valence-corrected chi connectivity index (χ4v) is 5.86. The molecule has 4 rings (SSSR count). The number of amides is 2. The van der Waals surface area contributed by atoms with Crippen molar-refractivity contribution in [2.75, 3.05) is 36.9 Å². The maximum absolute atomic E-state index is 14.2. The first-order valence-electron chi connectivity index (χ1n) is 14.0. The predicted octanol–water partition coefficient (Wildman–Crippen LogP) is 5.09. The summed E-state index contributed by atoms with van der Waals surface area (Å²) in [6, 6.07) is 18.1. The van der Waals surface area contributed by atoms with Gasteiger partial charge in [-0.1, -0.05) is 72.9 Å². The van der Waals surface area contributed by atoms with E-state index in [2.05, 4.69) is 5.32 Å². The third kappa shape index (κ3) is 8.78. The smallest absolute Gasteiger partial charge is 0.244 e. The second-order valence-electron chi connectivity index (χ2n) is 10.2. The van der Waals surface area contributed by atoms with E-state index in [9.17, 15) is 18.0 Å². The van der Waals surface area contributed by atoms with E-state index in [1.54, 1.807) is 30.3 Å². The van der Waals surface area contributed by atoms with Crippen molar-refractivity contribution >= 4 is 50.7 Å². The molecule has 9 nitrogen and oxygen atoms in total. The quantitative estimate of drug-likeness (QED) is 0.259. The first kappa shape index (κ1) is 32.4. The van der Waals surface area contributed by atoms with E-state index in [4.69, 9.17) is 32.7 Å². The first-order chi connectivity index (χ1) is 20.6. The standard InChI is InChI=1S/C31H35Cl2N3O6S/c1-3-4-14-34-31(38)27(18-22-8-6-5-7-9-22)35(20-23-10-12-25(32)26(33)17-23)30(37)21-36(43(2,39)40)24-11-13-28-29(19-24)42-16-15-41-28/h5-13,17,19,27H,3-4,14-16,18,20-21H2,1-2H3,(H,34,38)/t27-/m0/s1. The van der Waals surface area contributed by atoms with Gasteiger partial charge in [-0.05, 0) is 41.8 Å². The van der Waals surface area contributed by atoms with Gasteiger partial charge in [0.2, 0.25) is 21.8 Å². The van der Waals surface area contributed by atoms with Gasteiger partial charge in [-0.25, -0.2) is 8.42 Å². The number of unbranched alkanes of at least 4 members (excludes halogenated alkanes) is 1. The molecule has 1 heterocycles. The van der Waals surface area contributed by atoms with Crippen molar-refractivity contribution in [3.63, 3.8) is 0 Å². The van der Waals surface area contributed by atoms with Crippen LogP contribution >= 0.6 is 23.2 Å². The molecule has 12 heteroatoms. The fraction of sp³-hybridized carbons (Fsp3) is 0.355. The number of anilines is 1. The van der Waals surface area contributed by atoms with Crippen LogP contribution in [-0.4, -0.2) is 63.7 Å². The number of sulfonamides is 1. The van der Waals surface area contributed by atoms with Crippen LogP contribution in [0.5, 0.6) is 11.5 Å². The molecule has 0 fully saturated rings. The number of nitrogens with zero attached hydrogens (tertiary/aromatic N) is 2. The molecule has 0 aromatic heterocycles. The highest BCUT2D eigenvalue weighted by molar-refractivity contribution is 7.92. The number of rotatable bonds is 13. The summed E-state index contributed by atoms with van der Waals surface area (Å²) < 4.78 is 38.3. The van der Waals surface area contributed by atoms with E-state index >= 15 is 0 Å². The summed E-state index contributed by atoms with van der Waals surface area (Å²) in [7, 11) is -3.93. The van der Waals surface area contributed by atoms with Gasteiger partial charge in [0.1, 0.15) is 25.8 Å². The van der Waals surface area contributed by atoms with Crippen LogP contribution < -0.4 is 19.1 Å². The zero-order chi connectivity index (χ0) is 31.0. The third-order valence-electron chi connectivity index (χ3n) is 6.93. The van der Waals surface area contributed by atoms with Crippen LogP contribution in [0.2, 0.25) is 10.0 Å². The van der Waals surface area contributed by atoms with Crippen molar-refractivity contribution in [2.45, 2.75) is 38.8 Å². The number of hydrogen-bond acceptors (Lipinski definition) is 6. The van der Waals surface area contributed by atoms with Crippen molar-refractivity contribution in [3.8, 4) is 11.5 Å². The summed E-state index contributed by atoms with van der Waals surface area (Å²) in [5.74, 6) is -0.0358. The van der Waals surface area contributed by atoms with Crippen LogP contribution in [0.3, 0.4) is 0 Å². The van der Waals surface area contributed by atoms with Gasteiger partial charge >= 0.3 is 0 Å². The minimum atomic E-state index is -3.93. The zero-order valence-corrected chi connectivity index (χ0v) is 26.4. The molecule has 0 saturated carbocycles. The average molecular weight is 649 g/mol. The van der Waals surface area contributed by atoms with Crippen molar-refractivity contribution in [3.05, 3.63) is 87.9 Å². The van der Waals surface area contributed by atoms with Gasteiger partial charge in [0.25, 0.3) is 0 Å². The molecule has 43 heavy (non-hydrogen) atoms. The first-order valence-corrected chi connectivity index (χ1v) is 16.6. The second-order valence-corrected chi connectivity index (χ2v) is 12.9. The molecule has 1 aliphatic heterocycles. The van der Waals surface area contributed by atoms with Gasteiger partial charge < -0.3 is 19.7 Å². The number of halogens is 2. The summed E-state index contributed by atoms with van der Waals surface area (Å²) in [6.07, 6.45) is 2.90. The van der Waals surface area contributed by atoms with Crippen LogP contribution in [0.1, 0.15) is 30.9 Å². The molecule has 1 aliphatic rings. The van der Waals surface area contributed by atoms with E-state index in [-0.39, 0.29) is 24.6 Å². The summed E-state index contributed by atoms with van der Waals surface area (Å²) in [5, 5.41) is 3.60. The Kier molecular flexibility index (Phi) is 11.2. The maximum Gasteiger partial charge on any atom is 0.244 e. The van der Waals surface area contributed by atoms with Crippen molar-refractivity contribution in [1.82, 2.24) is 10.2 Å². The zero-order valence-electron chi connectivity index (χ0n) is 24.1. The van der Waals surface area contributed by atoms with E-state index in [0.717, 1.165) is 29.0 Å². The third-order valence-corrected chi connectivity index (χ3v) is 8.81. The van der Waals surface area contributed by atoms with E-state index in [0.29, 0.717) is 46.9 Å². The van der Waals surface area contributed by atoms with Crippen LogP contribution in [0.15, 0.2) is 66.7 Å². The Labute approximate surface area is 262 Å². The number of fused-ring (bicyclic) bond motifs is 1. The average Bonchev–Trinajstić information content (AvgIpc) is 2.99. The lowest BCUT2D eigenvalue weighted by Crippen LogP contribution is -2.53. The molecule has 0 bridgehead atoms. The maximum atomic E-state index is 14.2. The molecule has 3 aromatic carbocycles. The molecule has 0 aliphatic carbocycles. The summed E-state index contributed by atoms with van der Waals surface area (Å²) in [5.41, 5.74) is 1.71. The summed E-state index contributed by atoms with van der Waals surface area (Å²) in [4.78, 5) is 29.3. The lowest BCUT2D eigenvalue weighted by molar-refractivity contribution is -0.140. The molecule has 230 valence electrons. The van der Waals surface area contributed by atoms with Crippen molar-refractivity contribution < 1.29 is 27.5 Å². The van der Waals surface area contributed by atoms with Gasteiger partial charge in [-0.15, -0.1) is 0 Å². The molecule has 0 radical (unpaired) electrons. The second kappa shape index (κ2) is 14.8. The number of carbonyl (C=O) groups excluding carboxylic acids is 2. The van der Waals surface area contributed by atoms with Gasteiger partial charge in [-0.3, -0.25) is 13.9 Å². The molecule has 2 amide bonds. The Bertz CT molecular complexity index is 1540. The molecular formula is C31H35Cl2N3O6S. The minimum Gasteiger partial charge on any atom is -0.486 e. The number of carbonyl (C=O) groups is 2. The summed E-state index contributed by atoms with van der Waals surface area (Å²) >= 11 is 12.4. The molecule has 1 atom stereocenters. The normalized spacial score (nSPS) is 13.2. The molecule has 0 saturated heterocycles. The van der Waals surface area contributed by atoms with E-state index in [1.807, 2.05) is 37.3 Å². The number of benzene rings is 3. The molecule has 1 N–H and O–H groups in total. The molecule has 0 unspecified atom stereocenters. The highest BCUT2D eigenvalue weighted by Crippen LogP contribution is 2.35. The molecular weight excluding hydrogens is 613 g/mol. The fourth-order valence-electron chi connectivity index (χ4n) is 4.70. The Morgan fingerprint density at radius 2 is 1.65 bits per heavy atom. The van der Waals surface area contributed by atoms with Crippen LogP contribution in [-0.2, 0) is 32.6 Å². The monoisotopic (exact) mass is 647 g/mol. The summed E-state index contributed by atoms with van der Waals surface area (Å²) in [6.45, 7) is 2.61. The number of hydrogen-bond donors (Lipinski definition) is 1. The topological polar surface area (TPSA) is 105 Å². The number of nitrogens with one attached hydrogen (secondary N) is 1. The Morgan fingerprint density at radius 1 is 0.930 bits per heavy atom. The van der Waals surface area contributed by atoms with Gasteiger partial charge in [0.15, 0.2) is 11.5 Å². The predicted molar refractivity (Wildman–Crippen MR) is 168 cm³/mol. The van der Waals surface area contributed by atoms with Gasteiger partial charge in [0, 0.05) is 25.6 Å². The van der Waals surface area contributed by atoms with Crippen molar-refractivity contribution in [2.24, 2.45) is 0 Å². The SMILES string of the molecule is CCCCNC(=O)[C@H](Cc1ccccc1)N(Cc1ccc(Cl)c(Cl)c1)C(=O)CN(c1ccc2c(c1)OCCO2)S(C)(=O)=O. The lowest BCUT2D eigenvalue weighted by Gasteiger charge is -2.33. The highest BCUT2D eigenvalue weighted by Gasteiger charge is 2.33. The van der Waals surface area contributed by atoms with Crippen molar-refractivity contribution in [1.29, 1.82) is 0 Å². The lowest BCUT2D eigenvalue weighted by atomic mass is 10.0. The van der Waals surface area contributed by atoms with Crippen LogP contribution in [0.4, 0.5) is 5.69 Å². The Morgan fingerprint density at radius 3 is 2.33 bits per heavy atom. The number of ether oxygens (including phenoxy) is 2. The Balaban J connectivity index is 1.73. The molecule has 3 aromatic rings.